The van der Waals surface area contributed by atoms with Gasteiger partial charge in [-0.05, 0) is 24.3 Å². The molecule has 132 valence electrons. The standard InChI is InChI=1S/C15H13F3N4O3/c16-15(17,18)12-6-21(5-11(12)14(24)25)13(23)9-1-3-10(4-2-9)22-7-19-20-8-22/h1-4,7-8,11-12H,5-6H2,(H,24,25)/t11-,12-/m1/s1. The average Bonchev–Trinajstić information content (AvgIpc) is 3.23. The molecular weight excluding hydrogens is 341 g/mol. The van der Waals surface area contributed by atoms with Gasteiger partial charge in [0.2, 0.25) is 0 Å². The van der Waals surface area contributed by atoms with Crippen molar-refractivity contribution >= 4 is 11.9 Å². The van der Waals surface area contributed by atoms with Crippen molar-refractivity contribution in [1.82, 2.24) is 19.7 Å². The number of carboxylic acid groups (broad SMARTS) is 1. The van der Waals surface area contributed by atoms with Crippen molar-refractivity contribution in [2.75, 3.05) is 13.1 Å². The molecule has 1 aromatic heterocycles. The molecule has 1 aliphatic heterocycles. The van der Waals surface area contributed by atoms with Gasteiger partial charge in [-0.2, -0.15) is 13.2 Å². The second kappa shape index (κ2) is 6.19. The van der Waals surface area contributed by atoms with E-state index in [0.29, 0.717) is 5.69 Å². The number of carboxylic acids is 1. The van der Waals surface area contributed by atoms with E-state index in [2.05, 4.69) is 10.2 Å². The minimum absolute atomic E-state index is 0.184. The number of rotatable bonds is 3. The summed E-state index contributed by atoms with van der Waals surface area (Å²) in [7, 11) is 0. The summed E-state index contributed by atoms with van der Waals surface area (Å²) in [6.07, 6.45) is -1.75. The number of aliphatic carboxylic acids is 1. The molecule has 1 saturated heterocycles. The Morgan fingerprint density at radius 2 is 1.68 bits per heavy atom. The first kappa shape index (κ1) is 16.9. The number of amides is 1. The van der Waals surface area contributed by atoms with Crippen LogP contribution < -0.4 is 0 Å². The van der Waals surface area contributed by atoms with Gasteiger partial charge in [0.25, 0.3) is 5.91 Å². The Kier molecular flexibility index (Phi) is 4.19. The average molecular weight is 354 g/mol. The van der Waals surface area contributed by atoms with Crippen LogP contribution >= 0.6 is 0 Å². The molecule has 0 saturated carbocycles. The molecule has 0 radical (unpaired) electrons. The fourth-order valence-electron chi connectivity index (χ4n) is 2.84. The molecule has 0 bridgehead atoms. The van der Waals surface area contributed by atoms with Gasteiger partial charge >= 0.3 is 12.1 Å². The highest BCUT2D eigenvalue weighted by Gasteiger charge is 2.53. The highest BCUT2D eigenvalue weighted by atomic mass is 19.4. The molecule has 1 fully saturated rings. The maximum atomic E-state index is 13.0. The number of benzene rings is 1. The summed E-state index contributed by atoms with van der Waals surface area (Å²) in [5, 5.41) is 16.3. The number of carbonyl (C=O) groups is 2. The predicted octanol–water partition coefficient (Wildman–Crippen LogP) is 1.60. The van der Waals surface area contributed by atoms with Gasteiger partial charge in [0, 0.05) is 24.3 Å². The van der Waals surface area contributed by atoms with E-state index in [9.17, 15) is 22.8 Å². The van der Waals surface area contributed by atoms with Crippen LogP contribution in [-0.2, 0) is 4.79 Å². The van der Waals surface area contributed by atoms with Crippen LogP contribution in [0, 0.1) is 11.8 Å². The lowest BCUT2D eigenvalue weighted by Crippen LogP contribution is -2.34. The SMILES string of the molecule is O=C(O)[C@@H]1CN(C(=O)c2ccc(-n3cnnc3)cc2)C[C@H]1C(F)(F)F. The van der Waals surface area contributed by atoms with Crippen molar-refractivity contribution in [3.05, 3.63) is 42.5 Å². The first-order chi connectivity index (χ1) is 11.8. The Hall–Kier alpha value is -2.91. The number of likely N-dealkylation sites (tertiary alicyclic amines) is 1. The van der Waals surface area contributed by atoms with Crippen molar-refractivity contribution in [2.24, 2.45) is 11.8 Å². The van der Waals surface area contributed by atoms with Crippen LogP contribution in [-0.4, -0.2) is 55.9 Å². The third-order valence-electron chi connectivity index (χ3n) is 4.18. The van der Waals surface area contributed by atoms with Crippen LogP contribution in [0.3, 0.4) is 0 Å². The minimum Gasteiger partial charge on any atom is -0.481 e. The Morgan fingerprint density at radius 3 is 2.16 bits per heavy atom. The number of hydrogen-bond donors (Lipinski definition) is 1. The van der Waals surface area contributed by atoms with Crippen molar-refractivity contribution in [2.45, 2.75) is 6.18 Å². The number of alkyl halides is 3. The monoisotopic (exact) mass is 354 g/mol. The molecule has 10 heteroatoms. The normalized spacial score (nSPS) is 20.7. The molecule has 1 amide bonds. The molecule has 2 aromatic rings. The van der Waals surface area contributed by atoms with E-state index in [1.165, 1.54) is 24.8 Å². The van der Waals surface area contributed by atoms with E-state index >= 15 is 0 Å². The third-order valence-corrected chi connectivity index (χ3v) is 4.18. The molecule has 2 atom stereocenters. The topological polar surface area (TPSA) is 88.3 Å². The molecular formula is C15H13F3N4O3. The first-order valence-corrected chi connectivity index (χ1v) is 7.31. The van der Waals surface area contributed by atoms with Gasteiger partial charge in [-0.3, -0.25) is 14.2 Å². The zero-order chi connectivity index (χ0) is 18.2. The molecule has 0 spiro atoms. The quantitative estimate of drug-likeness (QED) is 0.905. The first-order valence-electron chi connectivity index (χ1n) is 7.31. The number of aromatic nitrogens is 3. The van der Waals surface area contributed by atoms with E-state index in [4.69, 9.17) is 5.11 Å². The maximum Gasteiger partial charge on any atom is 0.394 e. The van der Waals surface area contributed by atoms with E-state index in [1.807, 2.05) is 0 Å². The van der Waals surface area contributed by atoms with E-state index < -0.39 is 43.0 Å². The van der Waals surface area contributed by atoms with Gasteiger partial charge in [-0.1, -0.05) is 0 Å². The summed E-state index contributed by atoms with van der Waals surface area (Å²) < 4.78 is 40.6. The smallest absolute Gasteiger partial charge is 0.394 e. The molecule has 3 rings (SSSR count). The van der Waals surface area contributed by atoms with Crippen LogP contribution in [0.25, 0.3) is 5.69 Å². The minimum atomic E-state index is -4.67. The van der Waals surface area contributed by atoms with Gasteiger partial charge in [-0.25, -0.2) is 0 Å². The lowest BCUT2D eigenvalue weighted by Gasteiger charge is -2.18. The molecule has 0 unspecified atom stereocenters. The summed E-state index contributed by atoms with van der Waals surface area (Å²) in [5.41, 5.74) is 0.864. The Bertz CT molecular complexity index is 774. The summed E-state index contributed by atoms with van der Waals surface area (Å²) in [6, 6.07) is 6.13. The fourth-order valence-corrected chi connectivity index (χ4v) is 2.84. The number of carbonyl (C=O) groups excluding carboxylic acids is 1. The third kappa shape index (κ3) is 3.32. The molecule has 2 heterocycles. The molecule has 25 heavy (non-hydrogen) atoms. The Balaban J connectivity index is 1.78. The van der Waals surface area contributed by atoms with Gasteiger partial charge in [0.15, 0.2) is 0 Å². The van der Waals surface area contributed by atoms with Gasteiger partial charge in [0.1, 0.15) is 12.7 Å². The summed E-state index contributed by atoms with van der Waals surface area (Å²) in [6.45, 7) is -1.13. The number of nitrogens with zero attached hydrogens (tertiary/aromatic N) is 4. The molecule has 1 aromatic carbocycles. The van der Waals surface area contributed by atoms with Gasteiger partial charge in [-0.15, -0.1) is 10.2 Å². The zero-order valence-corrected chi connectivity index (χ0v) is 12.7. The number of halogens is 3. The van der Waals surface area contributed by atoms with Crippen LogP contribution in [0.5, 0.6) is 0 Å². The van der Waals surface area contributed by atoms with E-state index in [-0.39, 0.29) is 5.56 Å². The Labute approximate surface area is 139 Å². The van der Waals surface area contributed by atoms with Crippen LogP contribution in [0.4, 0.5) is 13.2 Å². The molecule has 1 aliphatic rings. The molecule has 0 aliphatic carbocycles. The second-order valence-electron chi connectivity index (χ2n) is 5.72. The lowest BCUT2D eigenvalue weighted by atomic mass is 9.96. The Morgan fingerprint density at radius 1 is 1.08 bits per heavy atom. The summed E-state index contributed by atoms with van der Waals surface area (Å²) in [4.78, 5) is 24.4. The van der Waals surface area contributed by atoms with Crippen LogP contribution in [0.15, 0.2) is 36.9 Å². The second-order valence-corrected chi connectivity index (χ2v) is 5.72. The van der Waals surface area contributed by atoms with Gasteiger partial charge in [0.05, 0.1) is 11.8 Å². The summed E-state index contributed by atoms with van der Waals surface area (Å²) in [5.74, 6) is -5.90. The van der Waals surface area contributed by atoms with Gasteiger partial charge < -0.3 is 10.0 Å². The highest BCUT2D eigenvalue weighted by Crippen LogP contribution is 2.38. The van der Waals surface area contributed by atoms with Crippen molar-refractivity contribution in [3.63, 3.8) is 0 Å². The number of hydrogen-bond acceptors (Lipinski definition) is 4. The maximum absolute atomic E-state index is 13.0. The van der Waals surface area contributed by atoms with Crippen molar-refractivity contribution in [3.8, 4) is 5.69 Å². The highest BCUT2D eigenvalue weighted by molar-refractivity contribution is 5.95. The van der Waals surface area contributed by atoms with Crippen LogP contribution in [0.2, 0.25) is 0 Å². The lowest BCUT2D eigenvalue weighted by molar-refractivity contribution is -0.187. The fraction of sp³-hybridized carbons (Fsp3) is 0.333. The van der Waals surface area contributed by atoms with E-state index in [1.54, 1.807) is 16.7 Å². The van der Waals surface area contributed by atoms with Crippen LogP contribution in [0.1, 0.15) is 10.4 Å². The molecule has 1 N–H and O–H groups in total. The molecule has 7 nitrogen and oxygen atoms in total. The predicted molar refractivity (Wildman–Crippen MR) is 77.9 cm³/mol. The summed E-state index contributed by atoms with van der Waals surface area (Å²) >= 11 is 0. The van der Waals surface area contributed by atoms with Crippen molar-refractivity contribution in [1.29, 1.82) is 0 Å². The van der Waals surface area contributed by atoms with E-state index in [0.717, 1.165) is 4.90 Å². The largest absolute Gasteiger partial charge is 0.481 e. The van der Waals surface area contributed by atoms with Crippen molar-refractivity contribution < 1.29 is 27.9 Å². The zero-order valence-electron chi connectivity index (χ0n) is 12.7.